The maximum Gasteiger partial charge on any atom is 0.238 e. The fourth-order valence-corrected chi connectivity index (χ4v) is 3.78. The molecule has 0 aromatic heterocycles. The molecule has 0 aliphatic heterocycles. The highest BCUT2D eigenvalue weighted by molar-refractivity contribution is 7.99. The number of sulfonamides is 1. The quantitative estimate of drug-likeness (QED) is 0.728. The van der Waals surface area contributed by atoms with E-state index in [1.165, 1.54) is 23.9 Å². The topological polar surface area (TPSA) is 92.5 Å². The normalized spacial score (nSPS) is 11.2. The van der Waals surface area contributed by atoms with Crippen LogP contribution in [0.5, 0.6) is 0 Å². The molecule has 9 heteroatoms. The molecular formula is C17H20ClN3O3S2. The number of halogens is 1. The monoisotopic (exact) mass is 413 g/mol. The second kappa shape index (κ2) is 8.77. The van der Waals surface area contributed by atoms with Crippen LogP contribution in [-0.4, -0.2) is 34.2 Å². The van der Waals surface area contributed by atoms with Crippen LogP contribution in [0.25, 0.3) is 0 Å². The number of carbonyl (C=O) groups excluding carboxylic acids is 1. The fourth-order valence-electron chi connectivity index (χ4n) is 2.26. The number of amides is 1. The summed E-state index contributed by atoms with van der Waals surface area (Å²) in [7, 11) is -0.246. The lowest BCUT2D eigenvalue weighted by Crippen LogP contribution is -2.19. The van der Waals surface area contributed by atoms with Crippen LogP contribution in [0.2, 0.25) is 5.02 Å². The van der Waals surface area contributed by atoms with E-state index in [2.05, 4.69) is 5.32 Å². The molecule has 0 saturated heterocycles. The maximum absolute atomic E-state index is 12.2. The summed E-state index contributed by atoms with van der Waals surface area (Å²) in [5.74, 6) is 0.636. The van der Waals surface area contributed by atoms with Crippen LogP contribution in [-0.2, 0) is 20.6 Å². The average Bonchev–Trinajstić information content (AvgIpc) is 2.53. The van der Waals surface area contributed by atoms with Crippen LogP contribution in [0.15, 0.2) is 47.4 Å². The van der Waals surface area contributed by atoms with E-state index < -0.39 is 10.0 Å². The SMILES string of the molecule is CN(C)c1ccc(S(N)(=O)=O)cc1NC(=O)CSCc1cccc(Cl)c1. The molecule has 0 saturated carbocycles. The zero-order valence-corrected chi connectivity index (χ0v) is 16.8. The Balaban J connectivity index is 2.05. The Morgan fingerprint density at radius 1 is 1.23 bits per heavy atom. The van der Waals surface area contributed by atoms with Crippen LogP contribution >= 0.6 is 23.4 Å². The lowest BCUT2D eigenvalue weighted by Gasteiger charge is -2.18. The van der Waals surface area contributed by atoms with Gasteiger partial charge >= 0.3 is 0 Å². The molecular weight excluding hydrogens is 394 g/mol. The minimum absolute atomic E-state index is 0.0509. The molecule has 2 rings (SSSR count). The van der Waals surface area contributed by atoms with Crippen molar-refractivity contribution in [3.8, 4) is 0 Å². The number of nitrogens with two attached hydrogens (primary N) is 1. The first-order valence-corrected chi connectivity index (χ1v) is 10.7. The second-order valence-electron chi connectivity index (χ2n) is 5.79. The zero-order chi connectivity index (χ0) is 19.3. The van der Waals surface area contributed by atoms with E-state index in [0.717, 1.165) is 5.56 Å². The molecule has 6 nitrogen and oxygen atoms in total. The van der Waals surface area contributed by atoms with Gasteiger partial charge in [-0.15, -0.1) is 11.8 Å². The Kier molecular flexibility index (Phi) is 6.94. The number of hydrogen-bond donors (Lipinski definition) is 2. The number of nitrogens with zero attached hydrogens (tertiary/aromatic N) is 1. The van der Waals surface area contributed by atoms with Crippen LogP contribution < -0.4 is 15.4 Å². The maximum atomic E-state index is 12.2. The Bertz CT molecular complexity index is 902. The molecule has 1 amide bonds. The highest BCUT2D eigenvalue weighted by atomic mass is 35.5. The van der Waals surface area contributed by atoms with Gasteiger partial charge in [0.1, 0.15) is 0 Å². The summed E-state index contributed by atoms with van der Waals surface area (Å²) in [6, 6.07) is 11.8. The summed E-state index contributed by atoms with van der Waals surface area (Å²) in [6.07, 6.45) is 0. The number of carbonyl (C=O) groups is 1. The molecule has 0 atom stereocenters. The summed E-state index contributed by atoms with van der Waals surface area (Å²) in [5.41, 5.74) is 2.11. The largest absolute Gasteiger partial charge is 0.376 e. The van der Waals surface area contributed by atoms with Gasteiger partial charge in [0.15, 0.2) is 0 Å². The highest BCUT2D eigenvalue weighted by Gasteiger charge is 2.14. The van der Waals surface area contributed by atoms with Gasteiger partial charge in [-0.2, -0.15) is 0 Å². The van der Waals surface area contributed by atoms with E-state index in [9.17, 15) is 13.2 Å². The Hall–Kier alpha value is -1.74. The van der Waals surface area contributed by atoms with Gasteiger partial charge in [0, 0.05) is 24.9 Å². The molecule has 0 fully saturated rings. The van der Waals surface area contributed by atoms with E-state index in [0.29, 0.717) is 22.2 Å². The van der Waals surface area contributed by atoms with Gasteiger partial charge in [-0.1, -0.05) is 23.7 Å². The van der Waals surface area contributed by atoms with Crippen LogP contribution in [0.3, 0.4) is 0 Å². The number of nitrogens with one attached hydrogen (secondary N) is 1. The second-order valence-corrected chi connectivity index (χ2v) is 8.77. The van der Waals surface area contributed by atoms with Gasteiger partial charge in [0.25, 0.3) is 0 Å². The van der Waals surface area contributed by atoms with E-state index in [4.69, 9.17) is 16.7 Å². The van der Waals surface area contributed by atoms with Crippen molar-refractivity contribution >= 4 is 50.7 Å². The van der Waals surface area contributed by atoms with Crippen molar-refractivity contribution in [3.05, 3.63) is 53.1 Å². The summed E-state index contributed by atoms with van der Waals surface area (Å²) in [4.78, 5) is 14.0. The van der Waals surface area contributed by atoms with E-state index in [1.807, 2.05) is 18.2 Å². The molecule has 2 aromatic carbocycles. The Morgan fingerprint density at radius 3 is 2.58 bits per heavy atom. The molecule has 0 unspecified atom stereocenters. The van der Waals surface area contributed by atoms with Crippen molar-refractivity contribution in [1.29, 1.82) is 0 Å². The molecule has 0 heterocycles. The summed E-state index contributed by atoms with van der Waals surface area (Å²) in [5, 5.41) is 8.58. The predicted octanol–water partition coefficient (Wildman–Crippen LogP) is 2.93. The lowest BCUT2D eigenvalue weighted by molar-refractivity contribution is -0.113. The third-order valence-electron chi connectivity index (χ3n) is 3.44. The molecule has 140 valence electrons. The average molecular weight is 414 g/mol. The number of primary sulfonamides is 1. The van der Waals surface area contributed by atoms with Crippen LogP contribution in [0.1, 0.15) is 5.56 Å². The van der Waals surface area contributed by atoms with Gasteiger partial charge in [-0.25, -0.2) is 13.6 Å². The summed E-state index contributed by atoms with van der Waals surface area (Å²) >= 11 is 7.38. The zero-order valence-electron chi connectivity index (χ0n) is 14.4. The van der Waals surface area contributed by atoms with E-state index in [-0.39, 0.29) is 16.6 Å². The Morgan fingerprint density at radius 2 is 1.96 bits per heavy atom. The standard InChI is InChI=1S/C17H20ClN3O3S2/c1-21(2)16-7-6-14(26(19,23)24)9-15(16)20-17(22)11-25-10-12-4-3-5-13(18)8-12/h3-9H,10-11H2,1-2H3,(H,20,22)(H2,19,23,24). The van der Waals surface area contributed by atoms with Crippen molar-refractivity contribution in [2.45, 2.75) is 10.6 Å². The number of rotatable bonds is 7. The van der Waals surface area contributed by atoms with Crippen molar-refractivity contribution in [2.24, 2.45) is 5.14 Å². The van der Waals surface area contributed by atoms with Crippen molar-refractivity contribution in [3.63, 3.8) is 0 Å². The highest BCUT2D eigenvalue weighted by Crippen LogP contribution is 2.27. The number of hydrogen-bond acceptors (Lipinski definition) is 5. The van der Waals surface area contributed by atoms with Crippen LogP contribution in [0, 0.1) is 0 Å². The van der Waals surface area contributed by atoms with Crippen molar-refractivity contribution in [1.82, 2.24) is 0 Å². The third kappa shape index (κ3) is 5.91. The Labute approximate surface area is 162 Å². The van der Waals surface area contributed by atoms with Crippen molar-refractivity contribution < 1.29 is 13.2 Å². The number of thioether (sulfide) groups is 1. The predicted molar refractivity (Wildman–Crippen MR) is 108 cm³/mol. The van der Waals surface area contributed by atoms with Gasteiger partial charge in [0.2, 0.25) is 15.9 Å². The van der Waals surface area contributed by atoms with Gasteiger partial charge in [-0.3, -0.25) is 4.79 Å². The number of benzene rings is 2. The fraction of sp³-hybridized carbons (Fsp3) is 0.235. The summed E-state index contributed by atoms with van der Waals surface area (Å²) in [6.45, 7) is 0. The van der Waals surface area contributed by atoms with Crippen LogP contribution in [0.4, 0.5) is 11.4 Å². The molecule has 0 bridgehead atoms. The molecule has 0 spiro atoms. The van der Waals surface area contributed by atoms with E-state index >= 15 is 0 Å². The minimum Gasteiger partial charge on any atom is -0.376 e. The van der Waals surface area contributed by atoms with Gasteiger partial charge in [0.05, 0.1) is 22.0 Å². The first kappa shape index (κ1) is 20.6. The van der Waals surface area contributed by atoms with Crippen molar-refractivity contribution in [2.75, 3.05) is 30.1 Å². The molecule has 0 aliphatic rings. The smallest absolute Gasteiger partial charge is 0.238 e. The third-order valence-corrected chi connectivity index (χ3v) is 5.59. The first-order chi connectivity index (χ1) is 12.2. The van der Waals surface area contributed by atoms with Gasteiger partial charge < -0.3 is 10.2 Å². The van der Waals surface area contributed by atoms with E-state index in [1.54, 1.807) is 31.1 Å². The first-order valence-electron chi connectivity index (χ1n) is 7.63. The molecule has 3 N–H and O–H groups in total. The number of anilines is 2. The molecule has 0 radical (unpaired) electrons. The lowest BCUT2D eigenvalue weighted by atomic mass is 10.2. The molecule has 2 aromatic rings. The molecule has 0 aliphatic carbocycles. The minimum atomic E-state index is -3.85. The van der Waals surface area contributed by atoms with Gasteiger partial charge in [-0.05, 0) is 35.9 Å². The molecule has 26 heavy (non-hydrogen) atoms. The summed E-state index contributed by atoms with van der Waals surface area (Å²) < 4.78 is 23.1.